The van der Waals surface area contributed by atoms with Gasteiger partial charge in [-0.2, -0.15) is 11.3 Å². The molecule has 2 aromatic rings. The van der Waals surface area contributed by atoms with Gasteiger partial charge in [-0.1, -0.05) is 29.8 Å². The van der Waals surface area contributed by atoms with Gasteiger partial charge in [-0.3, -0.25) is 9.69 Å². The van der Waals surface area contributed by atoms with E-state index < -0.39 is 0 Å². The lowest BCUT2D eigenvalue weighted by Gasteiger charge is -2.28. The second-order valence-corrected chi connectivity index (χ2v) is 6.39. The molecule has 0 saturated heterocycles. The number of benzene rings is 1. The first-order valence-electron chi connectivity index (χ1n) is 6.98. The predicted octanol–water partition coefficient (Wildman–Crippen LogP) is 3.32. The van der Waals surface area contributed by atoms with Gasteiger partial charge >= 0.3 is 0 Å². The number of nitrogens with zero attached hydrogens (tertiary/aromatic N) is 2. The summed E-state index contributed by atoms with van der Waals surface area (Å²) in [7, 11) is 5.76. The Morgan fingerprint density at radius 1 is 1.24 bits per heavy atom. The number of hydrogen-bond donors (Lipinski definition) is 0. The molecule has 0 bridgehead atoms. The minimum atomic E-state index is -0.242. The van der Waals surface area contributed by atoms with E-state index in [1.54, 1.807) is 16.2 Å². The molecule has 0 spiro atoms. The van der Waals surface area contributed by atoms with E-state index in [2.05, 4.69) is 30.5 Å². The molecular formula is C17H22N2OS. The van der Waals surface area contributed by atoms with E-state index in [1.165, 1.54) is 11.1 Å². The number of likely N-dealkylation sites (N-methyl/N-ethyl adjacent to an activating group) is 2. The van der Waals surface area contributed by atoms with Crippen LogP contribution in [0.3, 0.4) is 0 Å². The minimum Gasteiger partial charge on any atom is -0.340 e. The predicted molar refractivity (Wildman–Crippen MR) is 88.4 cm³/mol. The van der Waals surface area contributed by atoms with Crippen LogP contribution in [0, 0.1) is 6.92 Å². The van der Waals surface area contributed by atoms with Gasteiger partial charge in [-0.15, -0.1) is 0 Å². The van der Waals surface area contributed by atoms with Gasteiger partial charge in [0.05, 0.1) is 0 Å². The number of carbonyl (C=O) groups excluding carboxylic acids is 1. The van der Waals surface area contributed by atoms with Crippen LogP contribution in [0.5, 0.6) is 0 Å². The van der Waals surface area contributed by atoms with Crippen molar-refractivity contribution in [3.05, 3.63) is 57.8 Å². The van der Waals surface area contributed by atoms with Crippen molar-refractivity contribution in [2.75, 3.05) is 21.1 Å². The lowest BCUT2D eigenvalue weighted by atomic mass is 10.0. The summed E-state index contributed by atoms with van der Waals surface area (Å²) in [5.41, 5.74) is 3.40. The summed E-state index contributed by atoms with van der Waals surface area (Å²) < 4.78 is 0. The summed E-state index contributed by atoms with van der Waals surface area (Å²) in [5.74, 6) is 0.122. The molecule has 112 valence electrons. The molecule has 0 fully saturated rings. The van der Waals surface area contributed by atoms with Gasteiger partial charge in [0.15, 0.2) is 0 Å². The molecule has 1 atom stereocenters. The van der Waals surface area contributed by atoms with Crippen molar-refractivity contribution < 1.29 is 4.79 Å². The number of rotatable bonds is 5. The van der Waals surface area contributed by atoms with Gasteiger partial charge in [0.1, 0.15) is 6.04 Å². The van der Waals surface area contributed by atoms with E-state index >= 15 is 0 Å². The Balaban J connectivity index is 2.19. The smallest absolute Gasteiger partial charge is 0.244 e. The van der Waals surface area contributed by atoms with E-state index in [4.69, 9.17) is 0 Å². The molecule has 3 nitrogen and oxygen atoms in total. The van der Waals surface area contributed by atoms with Crippen LogP contribution in [0.4, 0.5) is 0 Å². The number of hydrogen-bond acceptors (Lipinski definition) is 3. The second-order valence-electron chi connectivity index (χ2n) is 5.61. The van der Waals surface area contributed by atoms with Gasteiger partial charge in [0.2, 0.25) is 5.91 Å². The highest BCUT2D eigenvalue weighted by Crippen LogP contribution is 2.22. The van der Waals surface area contributed by atoms with Crippen LogP contribution in [0.2, 0.25) is 0 Å². The Hall–Kier alpha value is -1.65. The van der Waals surface area contributed by atoms with Crippen molar-refractivity contribution in [3.8, 4) is 0 Å². The van der Waals surface area contributed by atoms with Gasteiger partial charge in [-0.25, -0.2) is 0 Å². The van der Waals surface area contributed by atoms with E-state index in [9.17, 15) is 4.79 Å². The van der Waals surface area contributed by atoms with Gasteiger partial charge in [0, 0.05) is 13.6 Å². The first-order valence-corrected chi connectivity index (χ1v) is 7.92. The third kappa shape index (κ3) is 3.93. The molecule has 1 heterocycles. The average Bonchev–Trinajstić information content (AvgIpc) is 2.91. The lowest BCUT2D eigenvalue weighted by molar-refractivity contribution is -0.135. The monoisotopic (exact) mass is 302 g/mol. The van der Waals surface area contributed by atoms with Gasteiger partial charge in [0.25, 0.3) is 0 Å². The highest BCUT2D eigenvalue weighted by Gasteiger charge is 2.26. The molecule has 4 heteroatoms. The van der Waals surface area contributed by atoms with Crippen molar-refractivity contribution in [1.29, 1.82) is 0 Å². The zero-order chi connectivity index (χ0) is 15.4. The minimum absolute atomic E-state index is 0.122. The molecule has 0 radical (unpaired) electrons. The lowest BCUT2D eigenvalue weighted by Crippen LogP contribution is -2.38. The third-order valence-corrected chi connectivity index (χ3v) is 4.22. The summed E-state index contributed by atoms with van der Waals surface area (Å²) in [6, 6.07) is 9.98. The Kier molecular flexibility index (Phi) is 5.15. The maximum absolute atomic E-state index is 12.8. The Labute approximate surface area is 130 Å². The fraction of sp³-hybridized carbons (Fsp3) is 0.353. The Bertz CT molecular complexity index is 593. The molecule has 0 aliphatic heterocycles. The number of thiophene rings is 1. The number of carbonyl (C=O) groups is 1. The second kappa shape index (κ2) is 6.87. The van der Waals surface area contributed by atoms with Crippen molar-refractivity contribution in [2.24, 2.45) is 0 Å². The zero-order valence-corrected chi connectivity index (χ0v) is 13.9. The van der Waals surface area contributed by atoms with E-state index in [0.717, 1.165) is 5.56 Å². The summed E-state index contributed by atoms with van der Waals surface area (Å²) in [6.45, 7) is 2.70. The quantitative estimate of drug-likeness (QED) is 0.846. The SMILES string of the molecule is Cc1cccc(C(C(=O)N(C)Cc2ccsc2)N(C)C)c1. The van der Waals surface area contributed by atoms with E-state index in [1.807, 2.05) is 43.6 Å². The number of aryl methyl sites for hydroxylation is 1. The van der Waals surface area contributed by atoms with Crippen molar-refractivity contribution in [2.45, 2.75) is 19.5 Å². The van der Waals surface area contributed by atoms with E-state index in [-0.39, 0.29) is 11.9 Å². The topological polar surface area (TPSA) is 23.6 Å². The van der Waals surface area contributed by atoms with Gasteiger partial charge in [-0.05, 0) is 49.0 Å². The molecule has 1 amide bonds. The van der Waals surface area contributed by atoms with Crippen LogP contribution in [0.15, 0.2) is 41.1 Å². The first kappa shape index (κ1) is 15.7. The van der Waals surface area contributed by atoms with Crippen LogP contribution >= 0.6 is 11.3 Å². The van der Waals surface area contributed by atoms with E-state index in [0.29, 0.717) is 6.54 Å². The summed E-state index contributed by atoms with van der Waals surface area (Å²) in [4.78, 5) is 16.6. The van der Waals surface area contributed by atoms with Crippen LogP contribution in [-0.2, 0) is 11.3 Å². The van der Waals surface area contributed by atoms with Gasteiger partial charge < -0.3 is 4.90 Å². The molecule has 1 aromatic heterocycles. The zero-order valence-electron chi connectivity index (χ0n) is 13.0. The normalized spacial score (nSPS) is 12.4. The maximum atomic E-state index is 12.8. The maximum Gasteiger partial charge on any atom is 0.244 e. The first-order chi connectivity index (χ1) is 9.99. The van der Waals surface area contributed by atoms with Crippen LogP contribution in [0.1, 0.15) is 22.7 Å². The van der Waals surface area contributed by atoms with Crippen LogP contribution in [-0.4, -0.2) is 36.9 Å². The molecule has 21 heavy (non-hydrogen) atoms. The average molecular weight is 302 g/mol. The summed E-state index contributed by atoms with van der Waals surface area (Å²) in [5, 5.41) is 4.12. The fourth-order valence-corrected chi connectivity index (χ4v) is 3.10. The highest BCUT2D eigenvalue weighted by molar-refractivity contribution is 7.07. The fourth-order valence-electron chi connectivity index (χ4n) is 2.44. The number of amides is 1. The molecule has 0 aliphatic carbocycles. The summed E-state index contributed by atoms with van der Waals surface area (Å²) >= 11 is 1.66. The molecule has 2 rings (SSSR count). The molecule has 0 saturated carbocycles. The highest BCUT2D eigenvalue weighted by atomic mass is 32.1. The molecule has 1 aromatic carbocycles. The Morgan fingerprint density at radius 3 is 2.57 bits per heavy atom. The Morgan fingerprint density at radius 2 is 2.00 bits per heavy atom. The van der Waals surface area contributed by atoms with Crippen molar-refractivity contribution in [3.63, 3.8) is 0 Å². The largest absolute Gasteiger partial charge is 0.340 e. The molecule has 0 aliphatic rings. The molecule has 1 unspecified atom stereocenters. The van der Waals surface area contributed by atoms with Crippen LogP contribution in [0.25, 0.3) is 0 Å². The molecular weight excluding hydrogens is 280 g/mol. The standard InChI is InChI=1S/C17H22N2OS/c1-13-6-5-7-15(10-13)16(18(2)3)17(20)19(4)11-14-8-9-21-12-14/h5-10,12,16H,11H2,1-4H3. The summed E-state index contributed by atoms with van der Waals surface area (Å²) in [6.07, 6.45) is 0. The third-order valence-electron chi connectivity index (χ3n) is 3.48. The van der Waals surface area contributed by atoms with Crippen LogP contribution < -0.4 is 0 Å². The van der Waals surface area contributed by atoms with Crippen molar-refractivity contribution in [1.82, 2.24) is 9.80 Å². The molecule has 0 N–H and O–H groups in total. The van der Waals surface area contributed by atoms with Crippen molar-refractivity contribution >= 4 is 17.2 Å².